The van der Waals surface area contributed by atoms with E-state index in [4.69, 9.17) is 17.3 Å². The van der Waals surface area contributed by atoms with Gasteiger partial charge in [-0.1, -0.05) is 43.9 Å². The van der Waals surface area contributed by atoms with Crippen molar-refractivity contribution < 1.29 is 13.6 Å². The van der Waals surface area contributed by atoms with Gasteiger partial charge >= 0.3 is 0 Å². The first-order valence-corrected chi connectivity index (χ1v) is 10.6. The van der Waals surface area contributed by atoms with Gasteiger partial charge in [-0.3, -0.25) is 14.6 Å². The van der Waals surface area contributed by atoms with Crippen LogP contribution in [0.1, 0.15) is 61.0 Å². The number of nitrogens with one attached hydrogen (secondary N) is 1. The molecule has 0 saturated heterocycles. The van der Waals surface area contributed by atoms with E-state index in [1.54, 1.807) is 12.1 Å². The Morgan fingerprint density at radius 2 is 2.03 bits per heavy atom. The maximum absolute atomic E-state index is 13.4. The van der Waals surface area contributed by atoms with Crippen LogP contribution in [0, 0.1) is 17.6 Å². The molecule has 3 N–H and O–H groups in total. The first-order valence-electron chi connectivity index (χ1n) is 10.2. The zero-order chi connectivity index (χ0) is 22.5. The topological polar surface area (TPSA) is 88.8 Å². The van der Waals surface area contributed by atoms with Crippen LogP contribution in [0.4, 0.5) is 8.78 Å². The molecule has 3 aromatic rings. The van der Waals surface area contributed by atoms with Crippen molar-refractivity contribution in [2.45, 2.75) is 44.9 Å². The lowest BCUT2D eigenvalue weighted by atomic mass is 9.77. The number of carbonyl (C=O) groups is 1. The average Bonchev–Trinajstić information content (AvgIpc) is 2.78. The Kier molecular flexibility index (Phi) is 7.38. The van der Waals surface area contributed by atoms with E-state index < -0.39 is 17.5 Å². The van der Waals surface area contributed by atoms with Gasteiger partial charge in [0.1, 0.15) is 5.69 Å². The molecule has 1 saturated carbocycles. The molecule has 1 aromatic carbocycles. The lowest BCUT2D eigenvalue weighted by molar-refractivity contribution is 0.0997. The first-order chi connectivity index (χ1) is 14.8. The third-order valence-electron chi connectivity index (χ3n) is 5.77. The molecule has 4 rings (SSSR count). The summed E-state index contributed by atoms with van der Waals surface area (Å²) in [4.78, 5) is 29.0. The van der Waals surface area contributed by atoms with Gasteiger partial charge in [0.15, 0.2) is 17.1 Å². The molecule has 0 aliphatic heterocycles. The summed E-state index contributed by atoms with van der Waals surface area (Å²) in [6.45, 7) is 2.18. The zero-order valence-electron chi connectivity index (χ0n) is 17.1. The Balaban J connectivity index is 0.000000179. The second-order valence-corrected chi connectivity index (χ2v) is 8.07. The highest BCUT2D eigenvalue weighted by molar-refractivity contribution is 6.31. The summed E-state index contributed by atoms with van der Waals surface area (Å²) in [7, 11) is 0. The third-order valence-corrected chi connectivity index (χ3v) is 6.15. The smallest absolute Gasteiger partial charge is 0.268 e. The number of H-pyrrole nitrogens is 1. The fourth-order valence-corrected chi connectivity index (χ4v) is 4.42. The average molecular weight is 448 g/mol. The monoisotopic (exact) mass is 447 g/mol. The largest absolute Gasteiger partial charge is 0.364 e. The lowest BCUT2D eigenvalue weighted by Gasteiger charge is -2.29. The minimum Gasteiger partial charge on any atom is -0.364 e. The molecule has 1 amide bonds. The van der Waals surface area contributed by atoms with Crippen molar-refractivity contribution in [2.24, 2.45) is 11.7 Å². The Bertz CT molecular complexity index is 1140. The van der Waals surface area contributed by atoms with Crippen LogP contribution in [0.25, 0.3) is 10.9 Å². The van der Waals surface area contributed by atoms with Crippen LogP contribution in [-0.4, -0.2) is 15.9 Å². The highest BCUT2D eigenvalue weighted by Crippen LogP contribution is 2.40. The second-order valence-electron chi connectivity index (χ2n) is 7.69. The highest BCUT2D eigenvalue weighted by atomic mass is 35.5. The molecule has 31 heavy (non-hydrogen) atoms. The van der Waals surface area contributed by atoms with Gasteiger partial charge in [-0.25, -0.2) is 8.78 Å². The predicted molar refractivity (Wildman–Crippen MR) is 117 cm³/mol. The number of rotatable bonds is 3. The van der Waals surface area contributed by atoms with E-state index in [-0.39, 0.29) is 27.4 Å². The molecule has 0 spiro atoms. The van der Waals surface area contributed by atoms with Gasteiger partial charge in [-0.15, -0.1) is 0 Å². The summed E-state index contributed by atoms with van der Waals surface area (Å²) < 4.78 is 26.4. The molecular formula is C23H24ClF2N3O2. The van der Waals surface area contributed by atoms with Crippen LogP contribution < -0.4 is 11.2 Å². The van der Waals surface area contributed by atoms with Crippen LogP contribution in [0.15, 0.2) is 41.5 Å². The summed E-state index contributed by atoms with van der Waals surface area (Å²) in [6.07, 6.45) is 8.56. The number of amides is 1. The van der Waals surface area contributed by atoms with E-state index in [1.165, 1.54) is 30.9 Å². The Hall–Kier alpha value is -2.80. The summed E-state index contributed by atoms with van der Waals surface area (Å²) in [5.41, 5.74) is 6.17. The number of halogens is 3. The number of hydrogen-bond donors (Lipinski definition) is 2. The SMILES string of the molecule is CC[C@H]1CCC[C@@H](c2ccc(F)c(F)c2Cl)C1.NC(=O)c1nccc2[nH]ccc(=O)c12. The number of carbonyl (C=O) groups excluding carboxylic acids is 1. The van der Waals surface area contributed by atoms with Crippen LogP contribution in [0.2, 0.25) is 5.02 Å². The number of benzene rings is 1. The minimum atomic E-state index is -0.900. The number of fused-ring (bicyclic) bond motifs is 1. The Morgan fingerprint density at radius 1 is 1.26 bits per heavy atom. The number of aromatic nitrogens is 2. The molecule has 0 unspecified atom stereocenters. The van der Waals surface area contributed by atoms with Crippen LogP contribution in [-0.2, 0) is 0 Å². The van der Waals surface area contributed by atoms with Gasteiger partial charge in [0.2, 0.25) is 0 Å². The number of aromatic amines is 1. The van der Waals surface area contributed by atoms with E-state index in [9.17, 15) is 18.4 Å². The predicted octanol–water partition coefficient (Wildman–Crippen LogP) is 5.32. The van der Waals surface area contributed by atoms with E-state index in [1.807, 2.05) is 0 Å². The van der Waals surface area contributed by atoms with Crippen molar-refractivity contribution in [2.75, 3.05) is 0 Å². The van der Waals surface area contributed by atoms with E-state index >= 15 is 0 Å². The van der Waals surface area contributed by atoms with E-state index in [0.717, 1.165) is 31.2 Å². The maximum Gasteiger partial charge on any atom is 0.268 e. The van der Waals surface area contributed by atoms with Gasteiger partial charge in [0.25, 0.3) is 5.91 Å². The standard InChI is InChI=1S/C14H17ClF2.C9H7N3O2/c1-2-9-4-3-5-10(8-9)11-6-7-12(16)14(17)13(11)15;10-9(14)8-7-5(1-3-12-8)11-4-2-6(7)13/h6-7,9-10H,2-5,8H2,1H3;1-4H,(H2,10,14)(H,11,13)/t9-,10+;/m0./s1. The van der Waals surface area contributed by atoms with Crippen LogP contribution in [0.5, 0.6) is 0 Å². The molecule has 8 heteroatoms. The highest BCUT2D eigenvalue weighted by Gasteiger charge is 2.25. The Labute approximate surface area is 183 Å². The quantitative estimate of drug-likeness (QED) is 0.532. The summed E-state index contributed by atoms with van der Waals surface area (Å²) in [5.74, 6) is -1.48. The number of pyridine rings is 2. The van der Waals surface area contributed by atoms with Crippen molar-refractivity contribution in [3.05, 3.63) is 74.8 Å². The molecule has 1 aliphatic carbocycles. The molecule has 5 nitrogen and oxygen atoms in total. The lowest BCUT2D eigenvalue weighted by Crippen LogP contribution is -2.17. The van der Waals surface area contributed by atoms with E-state index in [0.29, 0.717) is 11.4 Å². The number of nitrogens with two attached hydrogens (primary N) is 1. The Morgan fingerprint density at radius 3 is 2.74 bits per heavy atom. The molecular weight excluding hydrogens is 424 g/mol. The second kappa shape index (κ2) is 10.0. The molecule has 2 aromatic heterocycles. The molecule has 1 fully saturated rings. The van der Waals surface area contributed by atoms with Gasteiger partial charge in [0, 0.05) is 18.5 Å². The van der Waals surface area contributed by atoms with Crippen molar-refractivity contribution >= 4 is 28.4 Å². The maximum atomic E-state index is 13.4. The zero-order valence-corrected chi connectivity index (χ0v) is 17.9. The van der Waals surface area contributed by atoms with Crippen molar-refractivity contribution in [1.29, 1.82) is 0 Å². The first kappa shape index (κ1) is 22.9. The molecule has 0 bridgehead atoms. The van der Waals surface area contributed by atoms with Gasteiger partial charge < -0.3 is 10.7 Å². The van der Waals surface area contributed by atoms with Gasteiger partial charge in [-0.2, -0.15) is 0 Å². The summed E-state index contributed by atoms with van der Waals surface area (Å²) >= 11 is 5.91. The molecule has 1 aliphatic rings. The van der Waals surface area contributed by atoms with Crippen LogP contribution >= 0.6 is 11.6 Å². The van der Waals surface area contributed by atoms with Gasteiger partial charge in [0.05, 0.1) is 15.9 Å². The van der Waals surface area contributed by atoms with Crippen LogP contribution in [0.3, 0.4) is 0 Å². The number of nitrogens with zero attached hydrogens (tertiary/aromatic N) is 1. The fourth-order valence-electron chi connectivity index (χ4n) is 4.11. The minimum absolute atomic E-state index is 0.00403. The van der Waals surface area contributed by atoms with Crippen molar-refractivity contribution in [3.8, 4) is 0 Å². The molecule has 164 valence electrons. The summed E-state index contributed by atoms with van der Waals surface area (Å²) in [5, 5.41) is 0.217. The van der Waals surface area contributed by atoms with E-state index in [2.05, 4.69) is 16.9 Å². The molecule has 2 atom stereocenters. The normalized spacial score (nSPS) is 18.3. The number of hydrogen-bond acceptors (Lipinski definition) is 3. The molecule has 0 radical (unpaired) electrons. The van der Waals surface area contributed by atoms with Crippen molar-refractivity contribution in [3.63, 3.8) is 0 Å². The number of primary amides is 1. The third kappa shape index (κ3) is 5.10. The molecule has 2 heterocycles. The van der Waals surface area contributed by atoms with Crippen molar-refractivity contribution in [1.82, 2.24) is 9.97 Å². The fraction of sp³-hybridized carbons (Fsp3) is 0.348. The summed E-state index contributed by atoms with van der Waals surface area (Å²) in [6, 6.07) is 5.77. The van der Waals surface area contributed by atoms with Gasteiger partial charge in [-0.05, 0) is 42.4 Å².